The SMILES string of the molecule is CCC1CC(=O)c2cc(Cl)c(OCCCOC)cc2S1. The van der Waals surface area contributed by atoms with Crippen LogP contribution in [-0.4, -0.2) is 31.4 Å². The van der Waals surface area contributed by atoms with Crippen molar-refractivity contribution >= 4 is 29.1 Å². The zero-order chi connectivity index (χ0) is 14.5. The highest BCUT2D eigenvalue weighted by Crippen LogP contribution is 2.41. The van der Waals surface area contributed by atoms with Gasteiger partial charge >= 0.3 is 0 Å². The first kappa shape index (κ1) is 15.7. The molecule has 0 radical (unpaired) electrons. The summed E-state index contributed by atoms with van der Waals surface area (Å²) in [5.41, 5.74) is 0.731. The molecule has 3 nitrogen and oxygen atoms in total. The van der Waals surface area contributed by atoms with E-state index in [0.29, 0.717) is 35.7 Å². The first-order valence-corrected chi connectivity index (χ1v) is 8.06. The molecule has 5 heteroatoms. The third-order valence-corrected chi connectivity index (χ3v) is 4.97. The average Bonchev–Trinajstić information content (AvgIpc) is 2.44. The van der Waals surface area contributed by atoms with Gasteiger partial charge in [0.1, 0.15) is 5.75 Å². The number of carbonyl (C=O) groups is 1. The molecule has 1 heterocycles. The van der Waals surface area contributed by atoms with Gasteiger partial charge in [0, 0.05) is 42.3 Å². The first-order chi connectivity index (χ1) is 9.65. The summed E-state index contributed by atoms with van der Waals surface area (Å²) < 4.78 is 10.7. The van der Waals surface area contributed by atoms with Crippen LogP contribution in [0.2, 0.25) is 5.02 Å². The summed E-state index contributed by atoms with van der Waals surface area (Å²) in [4.78, 5) is 13.1. The fourth-order valence-corrected chi connectivity index (χ4v) is 3.57. The maximum atomic E-state index is 12.1. The van der Waals surface area contributed by atoms with Crippen LogP contribution in [0.5, 0.6) is 5.75 Å². The topological polar surface area (TPSA) is 35.5 Å². The van der Waals surface area contributed by atoms with Gasteiger partial charge in [-0.05, 0) is 18.6 Å². The van der Waals surface area contributed by atoms with Crippen molar-refractivity contribution in [2.45, 2.75) is 36.3 Å². The second kappa shape index (κ2) is 7.34. The largest absolute Gasteiger partial charge is 0.492 e. The number of fused-ring (bicyclic) bond motifs is 1. The molecule has 1 unspecified atom stereocenters. The number of hydrogen-bond donors (Lipinski definition) is 0. The van der Waals surface area contributed by atoms with Crippen LogP contribution >= 0.6 is 23.4 Å². The van der Waals surface area contributed by atoms with Crippen LogP contribution in [0.4, 0.5) is 0 Å². The number of ether oxygens (including phenoxy) is 2. The minimum absolute atomic E-state index is 0.179. The van der Waals surface area contributed by atoms with Gasteiger partial charge in [-0.2, -0.15) is 0 Å². The predicted molar refractivity (Wildman–Crippen MR) is 82.3 cm³/mol. The van der Waals surface area contributed by atoms with E-state index in [0.717, 1.165) is 23.3 Å². The summed E-state index contributed by atoms with van der Waals surface area (Å²) in [6.45, 7) is 3.32. The monoisotopic (exact) mass is 314 g/mol. The summed E-state index contributed by atoms with van der Waals surface area (Å²) in [6.07, 6.45) is 2.40. The zero-order valence-corrected chi connectivity index (χ0v) is 13.4. The Morgan fingerprint density at radius 3 is 2.90 bits per heavy atom. The van der Waals surface area contributed by atoms with Gasteiger partial charge in [-0.1, -0.05) is 18.5 Å². The van der Waals surface area contributed by atoms with E-state index in [-0.39, 0.29) is 5.78 Å². The van der Waals surface area contributed by atoms with Gasteiger partial charge in [0.25, 0.3) is 0 Å². The quantitative estimate of drug-likeness (QED) is 0.737. The number of Topliss-reactive ketones (excluding diaryl/α,β-unsaturated/α-hetero) is 1. The summed E-state index contributed by atoms with van der Waals surface area (Å²) >= 11 is 7.94. The Kier molecular flexibility index (Phi) is 5.75. The van der Waals surface area contributed by atoms with E-state index in [4.69, 9.17) is 21.1 Å². The maximum Gasteiger partial charge on any atom is 0.165 e. The summed E-state index contributed by atoms with van der Waals surface area (Å²) in [5.74, 6) is 0.831. The van der Waals surface area contributed by atoms with E-state index in [9.17, 15) is 4.79 Å². The second-order valence-electron chi connectivity index (χ2n) is 4.75. The lowest BCUT2D eigenvalue weighted by molar-refractivity contribution is 0.0976. The molecule has 1 aliphatic rings. The van der Waals surface area contributed by atoms with Gasteiger partial charge in [-0.15, -0.1) is 11.8 Å². The van der Waals surface area contributed by atoms with Gasteiger partial charge in [0.15, 0.2) is 5.78 Å². The summed E-state index contributed by atoms with van der Waals surface area (Å²) in [6, 6.07) is 3.64. The number of rotatable bonds is 6. The molecule has 0 fully saturated rings. The number of halogens is 1. The molecule has 2 rings (SSSR count). The molecule has 0 saturated carbocycles. The lowest BCUT2D eigenvalue weighted by Gasteiger charge is -2.23. The molecule has 0 aliphatic carbocycles. The van der Waals surface area contributed by atoms with Gasteiger partial charge in [-0.25, -0.2) is 0 Å². The fourth-order valence-electron chi connectivity index (χ4n) is 2.11. The third-order valence-electron chi connectivity index (χ3n) is 3.25. The van der Waals surface area contributed by atoms with Crippen molar-refractivity contribution < 1.29 is 14.3 Å². The maximum absolute atomic E-state index is 12.1. The molecule has 0 bridgehead atoms. The van der Waals surface area contributed by atoms with Gasteiger partial charge in [0.2, 0.25) is 0 Å². The number of thioether (sulfide) groups is 1. The lowest BCUT2D eigenvalue weighted by atomic mass is 10.0. The highest BCUT2D eigenvalue weighted by atomic mass is 35.5. The van der Waals surface area contributed by atoms with E-state index in [1.165, 1.54) is 0 Å². The molecule has 1 aromatic rings. The molecule has 110 valence electrons. The lowest BCUT2D eigenvalue weighted by Crippen LogP contribution is -2.16. The molecule has 1 atom stereocenters. The number of ketones is 1. The van der Waals surface area contributed by atoms with Crippen molar-refractivity contribution in [2.24, 2.45) is 0 Å². The third kappa shape index (κ3) is 3.68. The minimum Gasteiger partial charge on any atom is -0.492 e. The molecule has 0 saturated heterocycles. The van der Waals surface area contributed by atoms with E-state index in [1.54, 1.807) is 24.9 Å². The van der Waals surface area contributed by atoms with E-state index in [2.05, 4.69) is 6.92 Å². The molecule has 1 aromatic carbocycles. The van der Waals surface area contributed by atoms with Crippen molar-refractivity contribution in [2.75, 3.05) is 20.3 Å². The highest BCUT2D eigenvalue weighted by Gasteiger charge is 2.26. The van der Waals surface area contributed by atoms with Crippen molar-refractivity contribution in [3.05, 3.63) is 22.7 Å². The van der Waals surface area contributed by atoms with Crippen LogP contribution in [0.15, 0.2) is 17.0 Å². The highest BCUT2D eigenvalue weighted by molar-refractivity contribution is 8.00. The second-order valence-corrected chi connectivity index (χ2v) is 6.50. The Labute approximate surface area is 129 Å². The Morgan fingerprint density at radius 2 is 2.20 bits per heavy atom. The number of hydrogen-bond acceptors (Lipinski definition) is 4. The van der Waals surface area contributed by atoms with Gasteiger partial charge < -0.3 is 9.47 Å². The first-order valence-electron chi connectivity index (χ1n) is 6.80. The van der Waals surface area contributed by atoms with Gasteiger partial charge in [0.05, 0.1) is 11.6 Å². The molecule has 20 heavy (non-hydrogen) atoms. The number of carbonyl (C=O) groups excluding carboxylic acids is 1. The van der Waals surface area contributed by atoms with Crippen molar-refractivity contribution in [3.63, 3.8) is 0 Å². The number of methoxy groups -OCH3 is 1. The van der Waals surface area contributed by atoms with Crippen LogP contribution in [0.25, 0.3) is 0 Å². The van der Waals surface area contributed by atoms with E-state index < -0.39 is 0 Å². The Morgan fingerprint density at radius 1 is 1.40 bits per heavy atom. The smallest absolute Gasteiger partial charge is 0.165 e. The summed E-state index contributed by atoms with van der Waals surface area (Å²) in [5, 5.41) is 0.864. The van der Waals surface area contributed by atoms with Crippen molar-refractivity contribution in [1.29, 1.82) is 0 Å². The van der Waals surface area contributed by atoms with Crippen LogP contribution in [0.1, 0.15) is 36.5 Å². The van der Waals surface area contributed by atoms with E-state index >= 15 is 0 Å². The molecule has 1 aliphatic heterocycles. The normalized spacial score (nSPS) is 17.9. The predicted octanol–water partition coefficient (Wildman–Crippen LogP) is 4.21. The zero-order valence-electron chi connectivity index (χ0n) is 11.8. The van der Waals surface area contributed by atoms with Crippen LogP contribution in [0.3, 0.4) is 0 Å². The average molecular weight is 315 g/mol. The minimum atomic E-state index is 0.179. The molecular formula is C15H19ClO3S. The van der Waals surface area contributed by atoms with Crippen LogP contribution in [-0.2, 0) is 4.74 Å². The summed E-state index contributed by atoms with van der Waals surface area (Å²) in [7, 11) is 1.67. The fraction of sp³-hybridized carbons (Fsp3) is 0.533. The van der Waals surface area contributed by atoms with Crippen molar-refractivity contribution in [1.82, 2.24) is 0 Å². The van der Waals surface area contributed by atoms with E-state index in [1.807, 2.05) is 6.07 Å². The Balaban J connectivity index is 2.14. The Bertz CT molecular complexity index is 490. The number of benzene rings is 1. The molecule has 0 spiro atoms. The molecule has 0 amide bonds. The molecular weight excluding hydrogens is 296 g/mol. The van der Waals surface area contributed by atoms with Crippen LogP contribution in [0, 0.1) is 0 Å². The van der Waals surface area contributed by atoms with Crippen LogP contribution < -0.4 is 4.74 Å². The van der Waals surface area contributed by atoms with Crippen molar-refractivity contribution in [3.8, 4) is 5.75 Å². The standard InChI is InChI=1S/C15H19ClO3S/c1-3-10-7-13(17)11-8-12(16)14(9-15(11)20-10)19-6-4-5-18-2/h8-10H,3-7H2,1-2H3. The van der Waals surface area contributed by atoms with Gasteiger partial charge in [-0.3, -0.25) is 4.79 Å². The molecule has 0 aromatic heterocycles. The molecule has 0 N–H and O–H groups in total. The Hall–Kier alpha value is -0.710.